The lowest BCUT2D eigenvalue weighted by Crippen LogP contribution is -1.87. The zero-order chi connectivity index (χ0) is 15.2. The Labute approximate surface area is 134 Å². The van der Waals surface area contributed by atoms with Crippen LogP contribution < -0.4 is 0 Å². The summed E-state index contributed by atoms with van der Waals surface area (Å²) in [5.74, 6) is 0. The number of hydrogen-bond donors (Lipinski definition) is 0. The monoisotopic (exact) mass is 302 g/mol. The summed E-state index contributed by atoms with van der Waals surface area (Å²) < 4.78 is 0. The minimum Gasteiger partial charge on any atom is -0.123 e. The van der Waals surface area contributed by atoms with Crippen molar-refractivity contribution >= 4 is 21.4 Å². The fourth-order valence-electron chi connectivity index (χ4n) is 2.27. The summed E-state index contributed by atoms with van der Waals surface area (Å²) in [6.45, 7) is 4.27. The largest absolute Gasteiger partial charge is 0.123 e. The van der Waals surface area contributed by atoms with Crippen LogP contribution in [0.15, 0.2) is 107 Å². The number of allylic oxidation sites excluding steroid dienone is 1. The first-order chi connectivity index (χ1) is 10.8. The van der Waals surface area contributed by atoms with E-state index in [-0.39, 0.29) is 10.5 Å². The second-order valence-corrected chi connectivity index (χ2v) is 6.83. The van der Waals surface area contributed by atoms with Crippen molar-refractivity contribution < 1.29 is 0 Å². The molecule has 0 radical (unpaired) electrons. The molecule has 3 aromatic rings. The van der Waals surface area contributed by atoms with E-state index in [0.29, 0.717) is 0 Å². The van der Waals surface area contributed by atoms with Gasteiger partial charge in [0.2, 0.25) is 0 Å². The van der Waals surface area contributed by atoms with Gasteiger partial charge in [-0.2, -0.15) is 0 Å². The molecule has 108 valence electrons. The summed E-state index contributed by atoms with van der Waals surface area (Å²) in [4.78, 5) is 2.62. The van der Waals surface area contributed by atoms with Gasteiger partial charge in [-0.25, -0.2) is 0 Å². The van der Waals surface area contributed by atoms with E-state index in [2.05, 4.69) is 96.9 Å². The molecule has 0 aliphatic heterocycles. The minimum atomic E-state index is -0.106. The summed E-state index contributed by atoms with van der Waals surface area (Å²) in [7, 11) is -0.106. The molecule has 0 unspecified atom stereocenters. The number of benzene rings is 3. The van der Waals surface area contributed by atoms with Crippen molar-refractivity contribution in [2.24, 2.45) is 0 Å². The van der Waals surface area contributed by atoms with Gasteiger partial charge in [-0.15, -0.1) is 10.5 Å². The van der Waals surface area contributed by atoms with E-state index in [4.69, 9.17) is 0 Å². The van der Waals surface area contributed by atoms with Crippen LogP contribution in [0.25, 0.3) is 5.57 Å². The number of hydrogen-bond acceptors (Lipinski definition) is 0. The summed E-state index contributed by atoms with van der Waals surface area (Å²) in [6, 6.07) is 31.6. The van der Waals surface area contributed by atoms with Crippen LogP contribution in [0.5, 0.6) is 0 Å². The van der Waals surface area contributed by atoms with Gasteiger partial charge in [-0.3, -0.25) is 0 Å². The molecule has 0 aliphatic carbocycles. The Morgan fingerprint density at radius 2 is 1.05 bits per heavy atom. The second kappa shape index (κ2) is 7.06. The Bertz CT molecular complexity index is 730. The van der Waals surface area contributed by atoms with Gasteiger partial charge in [0.05, 0.1) is 0 Å². The molecule has 0 saturated carbocycles. The zero-order valence-corrected chi connectivity index (χ0v) is 13.2. The molecule has 0 aliphatic rings. The highest BCUT2D eigenvalue weighted by Crippen LogP contribution is 2.36. The van der Waals surface area contributed by atoms with E-state index < -0.39 is 0 Å². The molecule has 0 nitrogen and oxygen atoms in total. The maximum absolute atomic E-state index is 4.27. The Balaban J connectivity index is 2.06. The van der Waals surface area contributed by atoms with E-state index >= 15 is 0 Å². The molecule has 1 heteroatoms. The van der Waals surface area contributed by atoms with Crippen LogP contribution in [-0.4, -0.2) is 5.37 Å². The van der Waals surface area contributed by atoms with E-state index in [1.807, 2.05) is 6.07 Å². The smallest absolute Gasteiger partial charge is 0.00622 e. The molecule has 3 aromatic carbocycles. The summed E-state index contributed by atoms with van der Waals surface area (Å²) in [5, 5.41) is 2.28. The first-order valence-electron chi connectivity index (χ1n) is 7.27. The highest BCUT2D eigenvalue weighted by Gasteiger charge is 2.04. The molecule has 0 bridgehead atoms. The Kier molecular flexibility index (Phi) is 4.67. The molecular formula is C21H18S. The van der Waals surface area contributed by atoms with Gasteiger partial charge in [0.1, 0.15) is 0 Å². The highest BCUT2D eigenvalue weighted by atomic mass is 32.2. The lowest BCUT2D eigenvalue weighted by Gasteiger charge is -2.11. The minimum absolute atomic E-state index is 0.106. The van der Waals surface area contributed by atoms with Crippen LogP contribution in [0.4, 0.5) is 0 Å². The average Bonchev–Trinajstić information content (AvgIpc) is 2.62. The molecule has 0 amide bonds. The van der Waals surface area contributed by atoms with Gasteiger partial charge in [-0.05, 0) is 40.8 Å². The summed E-state index contributed by atoms with van der Waals surface area (Å²) >= 11 is 0. The van der Waals surface area contributed by atoms with Crippen LogP contribution in [0.3, 0.4) is 0 Å². The van der Waals surface area contributed by atoms with Gasteiger partial charge in [-0.1, -0.05) is 73.3 Å². The molecule has 0 heterocycles. The third kappa shape index (κ3) is 3.44. The van der Waals surface area contributed by atoms with Gasteiger partial charge in [0, 0.05) is 9.79 Å². The Morgan fingerprint density at radius 1 is 0.636 bits per heavy atom. The van der Waals surface area contributed by atoms with Crippen molar-refractivity contribution in [3.8, 4) is 0 Å². The standard InChI is InChI=1S/C21H18S/c1-18(19-11-5-2-6-12-19)17-22(20-13-7-3-8-14-20)21-15-9-4-10-16-21/h2-17H,1H2. The topological polar surface area (TPSA) is 0 Å². The molecule has 0 N–H and O–H groups in total. The zero-order valence-electron chi connectivity index (χ0n) is 12.4. The normalized spacial score (nSPS) is 10.4. The fraction of sp³-hybridized carbons (Fsp3) is 0. The fourth-order valence-corrected chi connectivity index (χ4v) is 4.13. The first kappa shape index (κ1) is 14.6. The lowest BCUT2D eigenvalue weighted by molar-refractivity contribution is 1.40. The molecular weight excluding hydrogens is 284 g/mol. The van der Waals surface area contributed by atoms with E-state index in [0.717, 1.165) is 5.57 Å². The van der Waals surface area contributed by atoms with Gasteiger partial charge >= 0.3 is 0 Å². The summed E-state index contributed by atoms with van der Waals surface area (Å²) in [5.41, 5.74) is 2.24. The van der Waals surface area contributed by atoms with Crippen LogP contribution in [0.1, 0.15) is 5.56 Å². The third-order valence-corrected chi connectivity index (χ3v) is 5.48. The quantitative estimate of drug-likeness (QED) is 0.416. The average molecular weight is 302 g/mol. The molecule has 0 aromatic heterocycles. The predicted molar refractivity (Wildman–Crippen MR) is 98.5 cm³/mol. The molecule has 22 heavy (non-hydrogen) atoms. The van der Waals surface area contributed by atoms with Crippen LogP contribution in [0.2, 0.25) is 0 Å². The number of rotatable bonds is 4. The molecule has 0 saturated heterocycles. The van der Waals surface area contributed by atoms with Gasteiger partial charge in [0.15, 0.2) is 0 Å². The molecule has 0 atom stereocenters. The Morgan fingerprint density at radius 3 is 1.50 bits per heavy atom. The van der Waals surface area contributed by atoms with Crippen molar-refractivity contribution in [2.45, 2.75) is 9.79 Å². The van der Waals surface area contributed by atoms with E-state index in [1.54, 1.807) is 0 Å². The van der Waals surface area contributed by atoms with E-state index in [1.165, 1.54) is 15.4 Å². The SMILES string of the molecule is C=C(C=S(c1ccccc1)c1ccccc1)c1ccccc1. The van der Waals surface area contributed by atoms with Gasteiger partial charge < -0.3 is 0 Å². The van der Waals surface area contributed by atoms with Gasteiger partial charge in [0.25, 0.3) is 0 Å². The molecule has 3 rings (SSSR count). The first-order valence-corrected chi connectivity index (χ1v) is 8.56. The summed E-state index contributed by atoms with van der Waals surface area (Å²) in [6.07, 6.45) is 0. The van der Waals surface area contributed by atoms with Crippen LogP contribution >= 0.6 is 10.5 Å². The Hall–Kier alpha value is -2.38. The molecule has 0 spiro atoms. The second-order valence-electron chi connectivity index (χ2n) is 4.97. The maximum atomic E-state index is 4.27. The maximum Gasteiger partial charge on any atom is 0.00622 e. The van der Waals surface area contributed by atoms with Crippen molar-refractivity contribution in [3.63, 3.8) is 0 Å². The van der Waals surface area contributed by atoms with Crippen LogP contribution in [-0.2, 0) is 0 Å². The van der Waals surface area contributed by atoms with Crippen molar-refractivity contribution in [1.82, 2.24) is 0 Å². The third-order valence-electron chi connectivity index (χ3n) is 3.40. The lowest BCUT2D eigenvalue weighted by atomic mass is 10.1. The molecule has 0 fully saturated rings. The van der Waals surface area contributed by atoms with Crippen molar-refractivity contribution in [3.05, 3.63) is 103 Å². The van der Waals surface area contributed by atoms with Crippen molar-refractivity contribution in [1.29, 1.82) is 0 Å². The van der Waals surface area contributed by atoms with Crippen LogP contribution in [0, 0.1) is 0 Å². The van der Waals surface area contributed by atoms with Crippen molar-refractivity contribution in [2.75, 3.05) is 0 Å². The highest BCUT2D eigenvalue weighted by molar-refractivity contribution is 8.15. The predicted octanol–water partition coefficient (Wildman–Crippen LogP) is 5.89. The van der Waals surface area contributed by atoms with E-state index in [9.17, 15) is 0 Å².